The molecule has 5 heteroatoms. The second-order valence-corrected chi connectivity index (χ2v) is 5.29. The average molecular weight is 287 g/mol. The third-order valence-corrected chi connectivity index (χ3v) is 3.88. The molecule has 0 aliphatic carbocycles. The van der Waals surface area contributed by atoms with Crippen LogP contribution in [0.25, 0.3) is 0 Å². The molecule has 0 saturated carbocycles. The maximum Gasteiger partial charge on any atom is 0.145 e. The molecule has 2 atom stereocenters. The zero-order valence-corrected chi connectivity index (χ0v) is 11.9. The zero-order valence-electron chi connectivity index (χ0n) is 11.1. The highest BCUT2D eigenvalue weighted by Gasteiger charge is 2.26. The molecule has 1 saturated heterocycles. The van der Waals surface area contributed by atoms with Crippen LogP contribution in [0.5, 0.6) is 0 Å². The number of nitrogens with two attached hydrogens (primary N) is 1. The number of morpholine rings is 1. The Morgan fingerprint density at radius 3 is 3.11 bits per heavy atom. The maximum absolute atomic E-state index is 13.8. The van der Waals surface area contributed by atoms with Crippen LogP contribution in [0.2, 0.25) is 5.02 Å². The standard InChI is InChI=1S/C14H20ClFN2O/c1-2-18-6-7-19-13(9-18)12(17)8-10-4-3-5-11(15)14(10)16/h3-5,12-13H,2,6-9,17H2,1H3. The topological polar surface area (TPSA) is 38.5 Å². The quantitative estimate of drug-likeness (QED) is 0.921. The largest absolute Gasteiger partial charge is 0.374 e. The number of nitrogens with zero attached hydrogens (tertiary/aromatic N) is 1. The lowest BCUT2D eigenvalue weighted by Crippen LogP contribution is -2.51. The van der Waals surface area contributed by atoms with E-state index in [9.17, 15) is 4.39 Å². The van der Waals surface area contributed by atoms with Crippen molar-refractivity contribution in [2.24, 2.45) is 5.73 Å². The Labute approximate surface area is 118 Å². The summed E-state index contributed by atoms with van der Waals surface area (Å²) >= 11 is 5.77. The van der Waals surface area contributed by atoms with Crippen molar-refractivity contribution in [1.82, 2.24) is 4.90 Å². The number of ether oxygens (including phenoxy) is 1. The maximum atomic E-state index is 13.8. The Hall–Kier alpha value is -0.680. The molecule has 0 radical (unpaired) electrons. The molecule has 0 amide bonds. The van der Waals surface area contributed by atoms with E-state index in [2.05, 4.69) is 11.8 Å². The summed E-state index contributed by atoms with van der Waals surface area (Å²) < 4.78 is 19.5. The van der Waals surface area contributed by atoms with Gasteiger partial charge in [0.15, 0.2) is 0 Å². The van der Waals surface area contributed by atoms with Crippen LogP contribution in [-0.4, -0.2) is 43.3 Å². The van der Waals surface area contributed by atoms with Gasteiger partial charge in [-0.05, 0) is 24.6 Å². The van der Waals surface area contributed by atoms with Crippen molar-refractivity contribution < 1.29 is 9.13 Å². The third-order valence-electron chi connectivity index (χ3n) is 3.59. The molecule has 1 aliphatic rings. The minimum Gasteiger partial charge on any atom is -0.374 e. The molecule has 2 rings (SSSR count). The first-order valence-corrected chi connectivity index (χ1v) is 7.02. The first kappa shape index (κ1) is 14.7. The summed E-state index contributed by atoms with van der Waals surface area (Å²) in [5.74, 6) is -0.372. The Kier molecular flexibility index (Phi) is 5.16. The lowest BCUT2D eigenvalue weighted by molar-refractivity contribution is -0.0386. The predicted molar refractivity (Wildman–Crippen MR) is 74.9 cm³/mol. The Balaban J connectivity index is 2.00. The van der Waals surface area contributed by atoms with E-state index < -0.39 is 0 Å². The van der Waals surface area contributed by atoms with Gasteiger partial charge in [-0.3, -0.25) is 4.90 Å². The third kappa shape index (κ3) is 3.66. The molecule has 1 aliphatic heterocycles. The fraction of sp³-hybridized carbons (Fsp3) is 0.571. The van der Waals surface area contributed by atoms with Crippen molar-refractivity contribution >= 4 is 11.6 Å². The number of rotatable bonds is 4. The van der Waals surface area contributed by atoms with Crippen LogP contribution in [0.1, 0.15) is 12.5 Å². The monoisotopic (exact) mass is 286 g/mol. The minimum absolute atomic E-state index is 0.0490. The number of hydrogen-bond acceptors (Lipinski definition) is 3. The van der Waals surface area contributed by atoms with Gasteiger partial charge in [0.05, 0.1) is 17.7 Å². The first-order chi connectivity index (χ1) is 9.11. The Morgan fingerprint density at radius 1 is 1.58 bits per heavy atom. The van der Waals surface area contributed by atoms with Crippen LogP contribution in [0.4, 0.5) is 4.39 Å². The van der Waals surface area contributed by atoms with Crippen molar-refractivity contribution in [2.45, 2.75) is 25.5 Å². The van der Waals surface area contributed by atoms with Gasteiger partial charge >= 0.3 is 0 Å². The van der Waals surface area contributed by atoms with Gasteiger partial charge in [-0.25, -0.2) is 4.39 Å². The molecule has 2 N–H and O–H groups in total. The predicted octanol–water partition coefficient (Wildman–Crippen LogP) is 2.07. The van der Waals surface area contributed by atoms with Gasteiger partial charge in [0.2, 0.25) is 0 Å². The Morgan fingerprint density at radius 2 is 2.37 bits per heavy atom. The number of hydrogen-bond donors (Lipinski definition) is 1. The molecule has 2 unspecified atom stereocenters. The summed E-state index contributed by atoms with van der Waals surface area (Å²) in [5.41, 5.74) is 6.71. The summed E-state index contributed by atoms with van der Waals surface area (Å²) in [6.07, 6.45) is 0.390. The molecule has 1 fully saturated rings. The van der Waals surface area contributed by atoms with E-state index in [-0.39, 0.29) is 23.0 Å². The van der Waals surface area contributed by atoms with Gasteiger partial charge in [-0.2, -0.15) is 0 Å². The van der Waals surface area contributed by atoms with Gasteiger partial charge in [-0.15, -0.1) is 0 Å². The molecule has 0 spiro atoms. The van der Waals surface area contributed by atoms with Gasteiger partial charge in [0.25, 0.3) is 0 Å². The second kappa shape index (κ2) is 6.66. The molecule has 19 heavy (non-hydrogen) atoms. The molecule has 0 bridgehead atoms. The summed E-state index contributed by atoms with van der Waals surface area (Å²) in [7, 11) is 0. The van der Waals surface area contributed by atoms with E-state index in [0.717, 1.165) is 19.6 Å². The van der Waals surface area contributed by atoms with Crippen molar-refractivity contribution in [3.8, 4) is 0 Å². The van der Waals surface area contributed by atoms with E-state index in [1.54, 1.807) is 18.2 Å². The fourth-order valence-electron chi connectivity index (χ4n) is 2.37. The molecule has 0 aromatic heterocycles. The lowest BCUT2D eigenvalue weighted by Gasteiger charge is -2.35. The average Bonchev–Trinajstić information content (AvgIpc) is 2.44. The summed E-state index contributed by atoms with van der Waals surface area (Å²) in [6.45, 7) is 5.53. The van der Waals surface area contributed by atoms with Crippen LogP contribution in [0.15, 0.2) is 18.2 Å². The fourth-order valence-corrected chi connectivity index (χ4v) is 2.56. The summed E-state index contributed by atoms with van der Waals surface area (Å²) in [6, 6.07) is 4.79. The van der Waals surface area contributed by atoms with Crippen LogP contribution in [0, 0.1) is 5.82 Å². The molecule has 1 aromatic rings. The van der Waals surface area contributed by atoms with Gasteiger partial charge in [-0.1, -0.05) is 30.7 Å². The van der Waals surface area contributed by atoms with E-state index in [4.69, 9.17) is 22.1 Å². The highest BCUT2D eigenvalue weighted by Crippen LogP contribution is 2.20. The molecule has 106 valence electrons. The molecule has 3 nitrogen and oxygen atoms in total. The minimum atomic E-state index is -0.372. The van der Waals surface area contributed by atoms with Gasteiger partial charge in [0, 0.05) is 19.1 Å². The lowest BCUT2D eigenvalue weighted by atomic mass is 10.0. The number of benzene rings is 1. The van der Waals surface area contributed by atoms with Crippen LogP contribution < -0.4 is 5.73 Å². The molecular formula is C14H20ClFN2O. The first-order valence-electron chi connectivity index (χ1n) is 6.64. The van der Waals surface area contributed by atoms with Crippen molar-refractivity contribution in [1.29, 1.82) is 0 Å². The van der Waals surface area contributed by atoms with Crippen LogP contribution >= 0.6 is 11.6 Å². The van der Waals surface area contributed by atoms with Gasteiger partial charge in [0.1, 0.15) is 5.82 Å². The Bertz CT molecular complexity index is 430. The molecule has 1 aromatic carbocycles. The van der Waals surface area contributed by atoms with E-state index >= 15 is 0 Å². The molecular weight excluding hydrogens is 267 g/mol. The number of halogens is 2. The van der Waals surface area contributed by atoms with E-state index in [1.165, 1.54) is 0 Å². The highest BCUT2D eigenvalue weighted by atomic mass is 35.5. The van der Waals surface area contributed by atoms with Crippen molar-refractivity contribution in [2.75, 3.05) is 26.2 Å². The zero-order chi connectivity index (χ0) is 13.8. The van der Waals surface area contributed by atoms with E-state index in [0.29, 0.717) is 18.6 Å². The SMILES string of the molecule is CCN1CCOC(C(N)Cc2cccc(Cl)c2F)C1. The van der Waals surface area contributed by atoms with E-state index in [1.807, 2.05) is 0 Å². The highest BCUT2D eigenvalue weighted by molar-refractivity contribution is 6.30. The number of likely N-dealkylation sites (N-methyl/N-ethyl adjacent to an activating group) is 1. The second-order valence-electron chi connectivity index (χ2n) is 4.88. The van der Waals surface area contributed by atoms with Crippen LogP contribution in [-0.2, 0) is 11.2 Å². The summed E-state index contributed by atoms with van der Waals surface area (Å²) in [4.78, 5) is 2.29. The smallest absolute Gasteiger partial charge is 0.145 e. The van der Waals surface area contributed by atoms with Gasteiger partial charge < -0.3 is 10.5 Å². The molecule has 1 heterocycles. The normalized spacial score (nSPS) is 22.4. The summed E-state index contributed by atoms with van der Waals surface area (Å²) in [5, 5.41) is 0.143. The van der Waals surface area contributed by atoms with Crippen molar-refractivity contribution in [3.05, 3.63) is 34.6 Å². The van der Waals surface area contributed by atoms with Crippen LogP contribution in [0.3, 0.4) is 0 Å². The van der Waals surface area contributed by atoms with Crippen molar-refractivity contribution in [3.63, 3.8) is 0 Å².